The number of rotatable bonds is 3. The number of hydrogen-bond donors (Lipinski definition) is 2. The molecule has 0 bridgehead atoms. The number of nitrogens with zero attached hydrogens (tertiary/aromatic N) is 2. The molecule has 3 heterocycles. The average Bonchev–Trinajstić information content (AvgIpc) is 2.98. The second-order valence-electron chi connectivity index (χ2n) is 6.58. The number of benzene rings is 1. The zero-order valence-electron chi connectivity index (χ0n) is 15.7. The molecule has 1 aromatic carbocycles. The molecule has 1 unspecified atom stereocenters. The van der Waals surface area contributed by atoms with Gasteiger partial charge in [-0.3, -0.25) is 19.3 Å². The highest BCUT2D eigenvalue weighted by atomic mass is 16.5. The number of anilines is 1. The molecule has 0 saturated heterocycles. The first-order valence-corrected chi connectivity index (χ1v) is 8.74. The smallest absolute Gasteiger partial charge is 0.325 e. The van der Waals surface area contributed by atoms with E-state index in [1.165, 1.54) is 7.11 Å². The van der Waals surface area contributed by atoms with E-state index in [-0.39, 0.29) is 28.4 Å². The van der Waals surface area contributed by atoms with Gasteiger partial charge in [0.25, 0.3) is 5.91 Å². The summed E-state index contributed by atoms with van der Waals surface area (Å²) < 4.78 is 15.7. The normalized spacial score (nSPS) is 19.2. The summed E-state index contributed by atoms with van der Waals surface area (Å²) in [6.45, 7) is -1.06. The zero-order chi connectivity index (χ0) is 21.6. The van der Waals surface area contributed by atoms with Gasteiger partial charge in [0.05, 0.1) is 7.11 Å². The van der Waals surface area contributed by atoms with Gasteiger partial charge in [0.15, 0.2) is 11.2 Å². The van der Waals surface area contributed by atoms with Crippen LogP contribution in [0.3, 0.4) is 0 Å². The van der Waals surface area contributed by atoms with Gasteiger partial charge in [0.2, 0.25) is 17.1 Å². The lowest BCUT2D eigenvalue weighted by molar-refractivity contribution is -0.140. The molecule has 1 aromatic heterocycles. The molecule has 0 fully saturated rings. The molecular formula is C20H15N3O7. The lowest BCUT2D eigenvalue weighted by atomic mass is 9.72. The third-order valence-corrected chi connectivity index (χ3v) is 5.08. The Kier molecular flexibility index (Phi) is 4.33. The van der Waals surface area contributed by atoms with Crippen LogP contribution in [0.15, 0.2) is 51.0 Å². The van der Waals surface area contributed by atoms with Gasteiger partial charge in [-0.25, -0.2) is 0 Å². The van der Waals surface area contributed by atoms with E-state index in [0.717, 1.165) is 11.0 Å². The van der Waals surface area contributed by atoms with E-state index in [1.54, 1.807) is 24.3 Å². The largest absolute Gasteiger partial charge is 0.468 e. The predicted octanol–water partition coefficient (Wildman–Crippen LogP) is 0.0241. The number of esters is 1. The van der Waals surface area contributed by atoms with E-state index in [2.05, 4.69) is 4.74 Å². The van der Waals surface area contributed by atoms with Crippen LogP contribution >= 0.6 is 0 Å². The van der Waals surface area contributed by atoms with E-state index < -0.39 is 41.8 Å². The molecule has 2 aromatic rings. The van der Waals surface area contributed by atoms with Crippen molar-refractivity contribution in [2.24, 2.45) is 5.73 Å². The van der Waals surface area contributed by atoms with Crippen molar-refractivity contribution in [2.45, 2.75) is 12.0 Å². The second-order valence-corrected chi connectivity index (χ2v) is 6.58. The van der Waals surface area contributed by atoms with E-state index in [4.69, 9.17) is 14.9 Å². The number of para-hydroxylation sites is 1. The summed E-state index contributed by atoms with van der Waals surface area (Å²) in [5, 5.41) is 19.4. The lowest BCUT2D eigenvalue weighted by Gasteiger charge is -2.32. The average molecular weight is 409 g/mol. The minimum atomic E-state index is -1.96. The number of aliphatic hydroxyl groups is 1. The predicted molar refractivity (Wildman–Crippen MR) is 99.9 cm³/mol. The lowest BCUT2D eigenvalue weighted by Crippen LogP contribution is -2.48. The van der Waals surface area contributed by atoms with Gasteiger partial charge in [0, 0.05) is 17.3 Å². The second kappa shape index (κ2) is 6.75. The molecule has 0 radical (unpaired) electrons. The van der Waals surface area contributed by atoms with Gasteiger partial charge in [-0.1, -0.05) is 18.2 Å². The van der Waals surface area contributed by atoms with E-state index >= 15 is 0 Å². The number of carbonyl (C=O) groups is 2. The van der Waals surface area contributed by atoms with Crippen molar-refractivity contribution >= 4 is 17.6 Å². The van der Waals surface area contributed by atoms with Gasteiger partial charge in [0.1, 0.15) is 30.6 Å². The maximum Gasteiger partial charge on any atom is 0.325 e. The molecule has 1 amide bonds. The number of fused-ring (bicyclic) bond motifs is 4. The Balaban J connectivity index is 2.12. The molecule has 1 atom stereocenters. The monoisotopic (exact) mass is 409 g/mol. The summed E-state index contributed by atoms with van der Waals surface area (Å²) in [5.41, 5.74) is 3.60. The van der Waals surface area contributed by atoms with Gasteiger partial charge >= 0.3 is 5.97 Å². The summed E-state index contributed by atoms with van der Waals surface area (Å²) in [5.74, 6) is -2.64. The Bertz CT molecular complexity index is 1220. The fourth-order valence-corrected chi connectivity index (χ4v) is 3.82. The number of carbonyl (C=O) groups excluding carboxylic acids is 2. The Hall–Kier alpha value is -4.10. The first-order chi connectivity index (χ1) is 14.4. The quantitative estimate of drug-likeness (QED) is 0.667. The van der Waals surface area contributed by atoms with Crippen molar-refractivity contribution in [3.8, 4) is 11.8 Å². The summed E-state index contributed by atoms with van der Waals surface area (Å²) in [6.07, 6.45) is 0. The molecule has 30 heavy (non-hydrogen) atoms. The summed E-state index contributed by atoms with van der Waals surface area (Å²) in [7, 11) is 1.18. The third-order valence-electron chi connectivity index (χ3n) is 5.08. The number of nitriles is 1. The highest BCUT2D eigenvalue weighted by Gasteiger charge is 2.62. The maximum atomic E-state index is 13.8. The standard InChI is InChI=1S/C20H15N3O7/c1-28-15(26)8-23-13-5-3-2-4-11(13)20(19(23)27)12(7-21)18(22)30-16-14(25)6-10(9-24)29-17(16)20/h2-6,24H,8-9,22H2,1H3. The van der Waals surface area contributed by atoms with Gasteiger partial charge in [-0.05, 0) is 6.07 Å². The topological polar surface area (TPSA) is 156 Å². The maximum absolute atomic E-state index is 13.8. The van der Waals surface area contributed by atoms with Crippen molar-refractivity contribution in [2.75, 3.05) is 18.6 Å². The van der Waals surface area contributed by atoms with Gasteiger partial charge < -0.3 is 24.7 Å². The van der Waals surface area contributed by atoms with Crippen LogP contribution in [0, 0.1) is 11.3 Å². The number of ether oxygens (including phenoxy) is 2. The molecule has 3 N–H and O–H groups in total. The van der Waals surface area contributed by atoms with Gasteiger partial charge in [-0.2, -0.15) is 5.26 Å². The van der Waals surface area contributed by atoms with Gasteiger partial charge in [-0.15, -0.1) is 0 Å². The first-order valence-electron chi connectivity index (χ1n) is 8.74. The van der Waals surface area contributed by atoms with Crippen molar-refractivity contribution in [3.05, 3.63) is 69.1 Å². The Morgan fingerprint density at radius 1 is 1.37 bits per heavy atom. The van der Waals surface area contributed by atoms with Crippen molar-refractivity contribution in [3.63, 3.8) is 0 Å². The molecule has 2 aliphatic rings. The zero-order valence-corrected chi connectivity index (χ0v) is 15.7. The fourth-order valence-electron chi connectivity index (χ4n) is 3.82. The molecule has 0 saturated carbocycles. The third kappa shape index (κ3) is 2.36. The van der Waals surface area contributed by atoms with E-state index in [9.17, 15) is 24.8 Å². The van der Waals surface area contributed by atoms with E-state index in [0.29, 0.717) is 5.69 Å². The number of aliphatic hydroxyl groups excluding tert-OH is 1. The Labute approximate surface area is 169 Å². The van der Waals surface area contributed by atoms with Crippen molar-refractivity contribution in [1.29, 1.82) is 5.26 Å². The molecule has 0 aliphatic carbocycles. The highest BCUT2D eigenvalue weighted by molar-refractivity contribution is 6.15. The van der Waals surface area contributed by atoms with Crippen LogP contribution in [-0.4, -0.2) is 30.6 Å². The molecule has 1 spiro atoms. The summed E-state index contributed by atoms with van der Waals surface area (Å²) >= 11 is 0. The Morgan fingerprint density at radius 2 is 2.10 bits per heavy atom. The minimum absolute atomic E-state index is 0.129. The summed E-state index contributed by atoms with van der Waals surface area (Å²) in [4.78, 5) is 39.5. The number of amides is 1. The van der Waals surface area contributed by atoms with Crippen LogP contribution in [0.5, 0.6) is 5.75 Å². The van der Waals surface area contributed by atoms with Crippen LogP contribution in [0.2, 0.25) is 0 Å². The van der Waals surface area contributed by atoms with Crippen molar-refractivity contribution < 1.29 is 28.6 Å². The van der Waals surface area contributed by atoms with E-state index in [1.807, 2.05) is 6.07 Å². The Morgan fingerprint density at radius 3 is 2.77 bits per heavy atom. The highest BCUT2D eigenvalue weighted by Crippen LogP contribution is 2.54. The number of hydrogen-bond acceptors (Lipinski definition) is 9. The van der Waals surface area contributed by atoms with Crippen LogP contribution < -0.4 is 20.8 Å². The molecule has 10 heteroatoms. The molecular weight excluding hydrogens is 394 g/mol. The fraction of sp³-hybridized carbons (Fsp3) is 0.200. The first kappa shape index (κ1) is 19.2. The minimum Gasteiger partial charge on any atom is -0.468 e. The van der Waals surface area contributed by atoms with Crippen LogP contribution in [0.1, 0.15) is 17.1 Å². The molecule has 4 rings (SSSR count). The molecule has 152 valence electrons. The van der Waals surface area contributed by atoms with Crippen LogP contribution in [0.4, 0.5) is 5.69 Å². The van der Waals surface area contributed by atoms with Crippen LogP contribution in [-0.2, 0) is 26.3 Å². The number of nitrogens with two attached hydrogens (primary N) is 1. The summed E-state index contributed by atoms with van der Waals surface area (Å²) in [6, 6.07) is 9.32. The SMILES string of the molecule is COC(=O)CN1C(=O)C2(C(C#N)=C(N)Oc3c2oc(CO)cc3=O)c2ccccc21. The van der Waals surface area contributed by atoms with Crippen molar-refractivity contribution in [1.82, 2.24) is 0 Å². The molecule has 2 aliphatic heterocycles. The number of methoxy groups -OCH3 is 1. The molecule has 10 nitrogen and oxygen atoms in total. The van der Waals surface area contributed by atoms with Crippen LogP contribution in [0.25, 0.3) is 0 Å².